The van der Waals surface area contributed by atoms with Crippen molar-refractivity contribution in [3.63, 3.8) is 0 Å². The molecule has 0 atom stereocenters. The molecule has 0 amide bonds. The van der Waals surface area contributed by atoms with Gasteiger partial charge < -0.3 is 14.6 Å². The first-order valence-corrected chi connectivity index (χ1v) is 6.25. The summed E-state index contributed by atoms with van der Waals surface area (Å²) in [6, 6.07) is 12.6. The van der Waals surface area contributed by atoms with E-state index in [4.69, 9.17) is 4.74 Å². The van der Waals surface area contributed by atoms with Crippen LogP contribution >= 0.6 is 0 Å². The zero-order valence-corrected chi connectivity index (χ0v) is 10.8. The van der Waals surface area contributed by atoms with Crippen molar-refractivity contribution in [1.29, 1.82) is 0 Å². The largest absolute Gasteiger partial charge is 0.508 e. The summed E-state index contributed by atoms with van der Waals surface area (Å²) >= 11 is 0. The van der Waals surface area contributed by atoms with Gasteiger partial charge in [-0.2, -0.15) is 0 Å². The van der Waals surface area contributed by atoms with E-state index < -0.39 is 0 Å². The van der Waals surface area contributed by atoms with E-state index in [2.05, 4.69) is 0 Å². The average molecular weight is 256 g/mol. The summed E-state index contributed by atoms with van der Waals surface area (Å²) in [6.07, 6.45) is 2.05. The third-order valence-electron chi connectivity index (χ3n) is 2.91. The van der Waals surface area contributed by atoms with Gasteiger partial charge in [-0.3, -0.25) is 0 Å². The van der Waals surface area contributed by atoms with Gasteiger partial charge in [-0.25, -0.2) is 0 Å². The molecular formula is C16H16O3. The Morgan fingerprint density at radius 1 is 1.11 bits per heavy atom. The smallest absolute Gasteiger partial charge is 0.127 e. The predicted octanol–water partition coefficient (Wildman–Crippen LogP) is 3.49. The molecule has 3 nitrogen and oxygen atoms in total. The van der Waals surface area contributed by atoms with Crippen LogP contribution in [0.1, 0.15) is 18.1 Å². The summed E-state index contributed by atoms with van der Waals surface area (Å²) in [5.74, 6) is 1.69. The maximum absolute atomic E-state index is 10.4. The Kier molecular flexibility index (Phi) is 4.18. The Morgan fingerprint density at radius 3 is 2.42 bits per heavy atom. The molecule has 0 aliphatic rings. The zero-order valence-electron chi connectivity index (χ0n) is 10.8. The predicted molar refractivity (Wildman–Crippen MR) is 73.8 cm³/mol. The molecule has 0 saturated carbocycles. The van der Waals surface area contributed by atoms with Crippen LogP contribution < -0.4 is 4.74 Å². The Morgan fingerprint density at radius 2 is 1.79 bits per heavy atom. The van der Waals surface area contributed by atoms with Gasteiger partial charge in [0.05, 0.1) is 0 Å². The molecule has 0 heterocycles. The van der Waals surface area contributed by atoms with Gasteiger partial charge in [-0.05, 0) is 47.9 Å². The minimum Gasteiger partial charge on any atom is -0.508 e. The van der Waals surface area contributed by atoms with Crippen LogP contribution in [0.3, 0.4) is 0 Å². The molecule has 98 valence electrons. The van der Waals surface area contributed by atoms with Crippen LogP contribution in [0.25, 0.3) is 0 Å². The van der Waals surface area contributed by atoms with Crippen molar-refractivity contribution in [1.82, 2.24) is 0 Å². The van der Waals surface area contributed by atoms with Crippen LogP contribution in [-0.2, 0) is 17.6 Å². The van der Waals surface area contributed by atoms with E-state index in [1.165, 1.54) is 0 Å². The van der Waals surface area contributed by atoms with Crippen molar-refractivity contribution in [3.8, 4) is 17.2 Å². The van der Waals surface area contributed by atoms with E-state index >= 15 is 0 Å². The van der Waals surface area contributed by atoms with Crippen molar-refractivity contribution >= 4 is 6.29 Å². The number of phenolic OH excluding ortho intramolecular Hbond substituents is 1. The summed E-state index contributed by atoms with van der Waals surface area (Å²) in [4.78, 5) is 10.4. The second-order valence-corrected chi connectivity index (χ2v) is 4.26. The first kappa shape index (κ1) is 13.1. The number of aldehydes is 1. The Balaban J connectivity index is 2.14. The molecule has 19 heavy (non-hydrogen) atoms. The standard InChI is InChI=1S/C16H16O3/c1-2-13-11-15(7-8-16(13)18)19-14-5-3-12(4-6-14)9-10-17/h3-8,10-11,18H,2,9H2,1H3. The number of aromatic hydroxyl groups is 1. The van der Waals surface area contributed by atoms with Crippen LogP contribution in [0.15, 0.2) is 42.5 Å². The van der Waals surface area contributed by atoms with Crippen LogP contribution in [0.2, 0.25) is 0 Å². The fraction of sp³-hybridized carbons (Fsp3) is 0.188. The van der Waals surface area contributed by atoms with E-state index in [-0.39, 0.29) is 5.75 Å². The summed E-state index contributed by atoms with van der Waals surface area (Å²) in [5, 5.41) is 9.61. The summed E-state index contributed by atoms with van der Waals surface area (Å²) < 4.78 is 5.71. The van der Waals surface area contributed by atoms with Gasteiger partial charge in [-0.15, -0.1) is 0 Å². The number of aryl methyl sites for hydroxylation is 1. The van der Waals surface area contributed by atoms with Gasteiger partial charge in [0.15, 0.2) is 0 Å². The average Bonchev–Trinajstić information content (AvgIpc) is 2.43. The molecule has 0 bridgehead atoms. The molecule has 2 aromatic rings. The van der Waals surface area contributed by atoms with Gasteiger partial charge in [0, 0.05) is 6.42 Å². The molecule has 0 unspecified atom stereocenters. The number of carbonyl (C=O) groups is 1. The Labute approximate surface area is 112 Å². The monoisotopic (exact) mass is 256 g/mol. The number of carbonyl (C=O) groups excluding carboxylic acids is 1. The zero-order chi connectivity index (χ0) is 13.7. The molecule has 0 aliphatic carbocycles. The summed E-state index contributed by atoms with van der Waals surface area (Å²) in [5.41, 5.74) is 1.82. The van der Waals surface area contributed by atoms with E-state index in [1.54, 1.807) is 12.1 Å². The number of rotatable bonds is 5. The van der Waals surface area contributed by atoms with Crippen LogP contribution in [0.4, 0.5) is 0 Å². The second kappa shape index (κ2) is 6.05. The molecule has 0 fully saturated rings. The van der Waals surface area contributed by atoms with Crippen molar-refractivity contribution in [3.05, 3.63) is 53.6 Å². The fourth-order valence-corrected chi connectivity index (χ4v) is 1.83. The number of ether oxygens (including phenoxy) is 1. The highest BCUT2D eigenvalue weighted by molar-refractivity contribution is 5.55. The maximum Gasteiger partial charge on any atom is 0.127 e. The van der Waals surface area contributed by atoms with Gasteiger partial charge >= 0.3 is 0 Å². The lowest BCUT2D eigenvalue weighted by Crippen LogP contribution is -1.89. The molecule has 0 saturated heterocycles. The third kappa shape index (κ3) is 3.35. The van der Waals surface area contributed by atoms with Gasteiger partial charge in [-0.1, -0.05) is 19.1 Å². The third-order valence-corrected chi connectivity index (χ3v) is 2.91. The highest BCUT2D eigenvalue weighted by Crippen LogP contribution is 2.27. The number of hydrogen-bond acceptors (Lipinski definition) is 3. The van der Waals surface area contributed by atoms with Gasteiger partial charge in [0.2, 0.25) is 0 Å². The summed E-state index contributed by atoms with van der Waals surface area (Å²) in [6.45, 7) is 1.98. The van der Waals surface area contributed by atoms with Crippen molar-refractivity contribution in [2.24, 2.45) is 0 Å². The molecule has 0 radical (unpaired) electrons. The highest BCUT2D eigenvalue weighted by atomic mass is 16.5. The highest BCUT2D eigenvalue weighted by Gasteiger charge is 2.03. The molecule has 1 N–H and O–H groups in total. The molecule has 0 spiro atoms. The number of phenols is 1. The second-order valence-electron chi connectivity index (χ2n) is 4.26. The molecule has 0 aliphatic heterocycles. The van der Waals surface area contributed by atoms with Crippen LogP contribution in [0.5, 0.6) is 17.2 Å². The molecule has 0 aromatic heterocycles. The number of benzene rings is 2. The lowest BCUT2D eigenvalue weighted by Gasteiger charge is -2.08. The quantitative estimate of drug-likeness (QED) is 0.833. The summed E-state index contributed by atoms with van der Waals surface area (Å²) in [7, 11) is 0. The van der Waals surface area contributed by atoms with E-state index in [9.17, 15) is 9.90 Å². The number of hydrogen-bond donors (Lipinski definition) is 1. The van der Waals surface area contributed by atoms with Crippen molar-refractivity contribution < 1.29 is 14.6 Å². The molecule has 2 aromatic carbocycles. The van der Waals surface area contributed by atoms with Crippen LogP contribution in [-0.4, -0.2) is 11.4 Å². The topological polar surface area (TPSA) is 46.5 Å². The first-order valence-electron chi connectivity index (χ1n) is 6.25. The molecular weight excluding hydrogens is 240 g/mol. The Bertz CT molecular complexity index is 559. The van der Waals surface area contributed by atoms with E-state index in [0.717, 1.165) is 23.8 Å². The lowest BCUT2D eigenvalue weighted by atomic mass is 10.1. The first-order chi connectivity index (χ1) is 9.22. The van der Waals surface area contributed by atoms with Crippen molar-refractivity contribution in [2.75, 3.05) is 0 Å². The van der Waals surface area contributed by atoms with Gasteiger partial charge in [0.25, 0.3) is 0 Å². The Hall–Kier alpha value is -2.29. The van der Waals surface area contributed by atoms with Gasteiger partial charge in [0.1, 0.15) is 23.5 Å². The normalized spacial score (nSPS) is 10.2. The van der Waals surface area contributed by atoms with E-state index in [0.29, 0.717) is 17.9 Å². The SMILES string of the molecule is CCc1cc(Oc2ccc(CC=O)cc2)ccc1O. The lowest BCUT2D eigenvalue weighted by molar-refractivity contribution is -0.107. The minimum atomic E-state index is 0.288. The maximum atomic E-state index is 10.4. The minimum absolute atomic E-state index is 0.288. The van der Waals surface area contributed by atoms with E-state index in [1.807, 2.05) is 37.3 Å². The fourth-order valence-electron chi connectivity index (χ4n) is 1.83. The van der Waals surface area contributed by atoms with Crippen molar-refractivity contribution in [2.45, 2.75) is 19.8 Å². The molecule has 2 rings (SSSR count). The van der Waals surface area contributed by atoms with Crippen LogP contribution in [0, 0.1) is 0 Å². The molecule has 3 heteroatoms.